The van der Waals surface area contributed by atoms with E-state index in [-0.39, 0.29) is 0 Å². The number of nitrogens with one attached hydrogen (secondary N) is 1. The second kappa shape index (κ2) is 7.42. The van der Waals surface area contributed by atoms with Gasteiger partial charge in [-0.3, -0.25) is 0 Å². The number of nitrogens with zero attached hydrogens (tertiary/aromatic N) is 1. The van der Waals surface area contributed by atoms with Crippen LogP contribution in [0.5, 0.6) is 0 Å². The second-order valence-corrected chi connectivity index (χ2v) is 7.38. The highest BCUT2D eigenvalue weighted by Gasteiger charge is 2.31. The summed E-state index contributed by atoms with van der Waals surface area (Å²) in [5.41, 5.74) is 3.01. The van der Waals surface area contributed by atoms with E-state index >= 15 is 0 Å². The topological polar surface area (TPSA) is 15.3 Å². The van der Waals surface area contributed by atoms with Crippen molar-refractivity contribution in [2.24, 2.45) is 5.92 Å². The minimum absolute atomic E-state index is 0.655. The lowest BCUT2D eigenvalue weighted by atomic mass is 9.74. The Bertz CT molecular complexity index is 433. The number of rotatable bonds is 7. The summed E-state index contributed by atoms with van der Waals surface area (Å²) in [6.45, 7) is 7.99. The van der Waals surface area contributed by atoms with Crippen molar-refractivity contribution in [1.82, 2.24) is 10.2 Å². The highest BCUT2D eigenvalue weighted by atomic mass is 15.1. The van der Waals surface area contributed by atoms with E-state index in [2.05, 4.69) is 69.3 Å². The molecule has 0 spiro atoms. The minimum atomic E-state index is 0.655. The summed E-state index contributed by atoms with van der Waals surface area (Å²) in [4.78, 5) is 2.37. The summed E-state index contributed by atoms with van der Waals surface area (Å²) in [7, 11) is 4.40. The van der Waals surface area contributed by atoms with Crippen LogP contribution in [-0.2, 0) is 0 Å². The zero-order valence-electron chi connectivity index (χ0n) is 14.4. The fourth-order valence-electron chi connectivity index (χ4n) is 3.41. The van der Waals surface area contributed by atoms with Crippen molar-refractivity contribution in [3.63, 3.8) is 0 Å². The van der Waals surface area contributed by atoms with Gasteiger partial charge in [-0.1, -0.05) is 38.1 Å². The molecular formula is C19H32N2. The third-order valence-electron chi connectivity index (χ3n) is 4.88. The van der Waals surface area contributed by atoms with E-state index in [4.69, 9.17) is 0 Å². The number of likely N-dealkylation sites (N-methyl/N-ethyl adjacent to an activating group) is 1. The van der Waals surface area contributed by atoms with Crippen LogP contribution in [0.1, 0.15) is 50.2 Å². The molecule has 0 heterocycles. The van der Waals surface area contributed by atoms with E-state index in [1.54, 1.807) is 5.56 Å². The fourth-order valence-corrected chi connectivity index (χ4v) is 3.41. The summed E-state index contributed by atoms with van der Waals surface area (Å²) in [5, 5.41) is 3.78. The van der Waals surface area contributed by atoms with Gasteiger partial charge in [0.2, 0.25) is 0 Å². The highest BCUT2D eigenvalue weighted by molar-refractivity contribution is 5.31. The summed E-state index contributed by atoms with van der Waals surface area (Å²) < 4.78 is 0. The molecule has 1 aromatic rings. The van der Waals surface area contributed by atoms with E-state index in [9.17, 15) is 0 Å². The predicted molar refractivity (Wildman–Crippen MR) is 91.9 cm³/mol. The van der Waals surface area contributed by atoms with E-state index in [0.29, 0.717) is 12.1 Å². The quantitative estimate of drug-likeness (QED) is 0.821. The van der Waals surface area contributed by atoms with Gasteiger partial charge in [-0.25, -0.2) is 0 Å². The van der Waals surface area contributed by atoms with E-state index < -0.39 is 0 Å². The molecule has 0 amide bonds. The lowest BCUT2D eigenvalue weighted by Crippen LogP contribution is -2.47. The molecule has 0 bridgehead atoms. The average Bonchev–Trinajstić information content (AvgIpc) is 2.36. The molecule has 1 unspecified atom stereocenters. The third kappa shape index (κ3) is 4.55. The van der Waals surface area contributed by atoms with E-state index in [1.807, 2.05) is 0 Å². The number of aryl methyl sites for hydroxylation is 1. The van der Waals surface area contributed by atoms with Crippen LogP contribution >= 0.6 is 0 Å². The first kappa shape index (κ1) is 16.5. The van der Waals surface area contributed by atoms with Gasteiger partial charge in [0, 0.05) is 18.6 Å². The Hall–Kier alpha value is -0.860. The molecule has 21 heavy (non-hydrogen) atoms. The van der Waals surface area contributed by atoms with Crippen LogP contribution in [0.25, 0.3) is 0 Å². The van der Waals surface area contributed by atoms with Crippen LogP contribution in [0.2, 0.25) is 0 Å². The molecule has 0 aliphatic heterocycles. The van der Waals surface area contributed by atoms with Crippen molar-refractivity contribution in [1.29, 1.82) is 0 Å². The Morgan fingerprint density at radius 2 is 1.86 bits per heavy atom. The van der Waals surface area contributed by atoms with Gasteiger partial charge in [-0.2, -0.15) is 0 Å². The molecule has 1 fully saturated rings. The Morgan fingerprint density at radius 3 is 2.43 bits per heavy atom. The molecular weight excluding hydrogens is 256 g/mol. The van der Waals surface area contributed by atoms with Gasteiger partial charge in [0.15, 0.2) is 0 Å². The Balaban J connectivity index is 1.76. The molecule has 1 saturated carbocycles. The van der Waals surface area contributed by atoms with Crippen molar-refractivity contribution in [2.45, 2.75) is 58.0 Å². The molecule has 2 nitrogen and oxygen atoms in total. The Kier molecular flexibility index (Phi) is 5.83. The molecule has 1 atom stereocenters. The summed E-state index contributed by atoms with van der Waals surface area (Å²) in [6.07, 6.45) is 3.87. The van der Waals surface area contributed by atoms with E-state index in [0.717, 1.165) is 18.4 Å². The first-order valence-electron chi connectivity index (χ1n) is 8.42. The van der Waals surface area contributed by atoms with Crippen LogP contribution in [0.3, 0.4) is 0 Å². The summed E-state index contributed by atoms with van der Waals surface area (Å²) in [6, 6.07) is 10.2. The lowest BCUT2D eigenvalue weighted by molar-refractivity contribution is 0.214. The van der Waals surface area contributed by atoms with Crippen molar-refractivity contribution in [3.8, 4) is 0 Å². The summed E-state index contributed by atoms with van der Waals surface area (Å²) in [5.74, 6) is 1.53. The standard InChI is InChI=1S/C19H32N2/c1-14(2)10-18(21(4)5)13-20-17-11-16(12-17)19-9-7-6-8-15(19)3/h6-9,14,16-18,20H,10-13H2,1-5H3. The van der Waals surface area contributed by atoms with Crippen molar-refractivity contribution >= 4 is 0 Å². The number of hydrogen-bond acceptors (Lipinski definition) is 2. The van der Waals surface area contributed by atoms with Crippen LogP contribution in [0.4, 0.5) is 0 Å². The number of hydrogen-bond donors (Lipinski definition) is 1. The third-order valence-corrected chi connectivity index (χ3v) is 4.88. The summed E-state index contributed by atoms with van der Waals surface area (Å²) >= 11 is 0. The molecule has 1 aromatic carbocycles. The fraction of sp³-hybridized carbons (Fsp3) is 0.684. The monoisotopic (exact) mass is 288 g/mol. The Labute approximate surface area is 130 Å². The maximum Gasteiger partial charge on any atom is 0.0217 e. The molecule has 1 aliphatic carbocycles. The number of benzene rings is 1. The van der Waals surface area contributed by atoms with Crippen LogP contribution < -0.4 is 5.32 Å². The second-order valence-electron chi connectivity index (χ2n) is 7.38. The van der Waals surface area contributed by atoms with Gasteiger partial charge >= 0.3 is 0 Å². The largest absolute Gasteiger partial charge is 0.312 e. The van der Waals surface area contributed by atoms with Crippen molar-refractivity contribution in [3.05, 3.63) is 35.4 Å². The van der Waals surface area contributed by atoms with Gasteiger partial charge in [-0.15, -0.1) is 0 Å². The SMILES string of the molecule is Cc1ccccc1C1CC(NCC(CC(C)C)N(C)C)C1. The molecule has 2 rings (SSSR count). The van der Waals surface area contributed by atoms with Gasteiger partial charge in [0.1, 0.15) is 0 Å². The predicted octanol–water partition coefficient (Wildman–Crippen LogP) is 3.81. The van der Waals surface area contributed by atoms with Gasteiger partial charge in [0.25, 0.3) is 0 Å². The average molecular weight is 288 g/mol. The first-order valence-corrected chi connectivity index (χ1v) is 8.42. The van der Waals surface area contributed by atoms with E-state index in [1.165, 1.54) is 24.8 Å². The Morgan fingerprint density at radius 1 is 1.19 bits per heavy atom. The smallest absolute Gasteiger partial charge is 0.0217 e. The molecule has 118 valence electrons. The van der Waals surface area contributed by atoms with Crippen LogP contribution in [0.15, 0.2) is 24.3 Å². The lowest BCUT2D eigenvalue weighted by Gasteiger charge is -2.39. The maximum atomic E-state index is 3.78. The molecule has 0 radical (unpaired) electrons. The maximum absolute atomic E-state index is 3.78. The van der Waals surface area contributed by atoms with Crippen LogP contribution in [-0.4, -0.2) is 37.6 Å². The first-order chi connectivity index (χ1) is 9.97. The molecule has 0 saturated heterocycles. The normalized spacial score (nSPS) is 23.4. The van der Waals surface area contributed by atoms with Gasteiger partial charge in [-0.05, 0) is 63.2 Å². The van der Waals surface area contributed by atoms with Gasteiger partial charge in [0.05, 0.1) is 0 Å². The zero-order valence-corrected chi connectivity index (χ0v) is 14.4. The van der Waals surface area contributed by atoms with Gasteiger partial charge < -0.3 is 10.2 Å². The molecule has 1 N–H and O–H groups in total. The zero-order chi connectivity index (χ0) is 15.4. The highest BCUT2D eigenvalue weighted by Crippen LogP contribution is 2.38. The van der Waals surface area contributed by atoms with Crippen LogP contribution in [0, 0.1) is 12.8 Å². The van der Waals surface area contributed by atoms with Crippen molar-refractivity contribution < 1.29 is 0 Å². The molecule has 2 heteroatoms. The minimum Gasteiger partial charge on any atom is -0.312 e. The molecule has 0 aromatic heterocycles. The molecule has 1 aliphatic rings. The van der Waals surface area contributed by atoms with Crippen molar-refractivity contribution in [2.75, 3.05) is 20.6 Å².